The Bertz CT molecular complexity index is 609. The molecule has 2 aromatic rings. The molecule has 0 atom stereocenters. The van der Waals surface area contributed by atoms with Crippen LogP contribution in [0.1, 0.15) is 34.5 Å². The number of ether oxygens (including phenoxy) is 1. The van der Waals surface area contributed by atoms with E-state index in [4.69, 9.17) is 4.74 Å². The normalized spacial score (nSPS) is 10.3. The van der Waals surface area contributed by atoms with Crippen LogP contribution in [0.25, 0.3) is 0 Å². The van der Waals surface area contributed by atoms with Crippen molar-refractivity contribution in [3.63, 3.8) is 0 Å². The van der Waals surface area contributed by atoms with E-state index in [0.29, 0.717) is 24.8 Å². The Hall–Kier alpha value is -2.44. The van der Waals surface area contributed by atoms with Crippen LogP contribution in [0.5, 0.6) is 0 Å². The number of rotatable bonds is 5. The molecular weight excluding hydrogens is 258 g/mol. The SMILES string of the molecule is CCOC(=O)c1cc(NCc2cn[nH]c2C)nc(C)n1. The van der Waals surface area contributed by atoms with Gasteiger partial charge in [-0.25, -0.2) is 14.8 Å². The van der Waals surface area contributed by atoms with Crippen molar-refractivity contribution in [2.45, 2.75) is 27.3 Å². The number of hydrogen-bond donors (Lipinski definition) is 2. The third-order valence-corrected chi connectivity index (χ3v) is 2.72. The summed E-state index contributed by atoms with van der Waals surface area (Å²) in [6.45, 7) is 6.32. The maximum absolute atomic E-state index is 11.7. The Balaban J connectivity index is 2.12. The lowest BCUT2D eigenvalue weighted by Crippen LogP contribution is -2.11. The van der Waals surface area contributed by atoms with Crippen LogP contribution in [0.4, 0.5) is 5.82 Å². The van der Waals surface area contributed by atoms with Crippen LogP contribution < -0.4 is 5.32 Å². The number of hydrogen-bond acceptors (Lipinski definition) is 6. The van der Waals surface area contributed by atoms with Crippen LogP contribution in [-0.4, -0.2) is 32.7 Å². The van der Waals surface area contributed by atoms with Crippen molar-refractivity contribution < 1.29 is 9.53 Å². The first-order valence-electron chi connectivity index (χ1n) is 6.35. The summed E-state index contributed by atoms with van der Waals surface area (Å²) in [7, 11) is 0. The average Bonchev–Trinajstić information content (AvgIpc) is 2.81. The number of anilines is 1. The predicted octanol–water partition coefficient (Wildman–Crippen LogP) is 1.61. The maximum atomic E-state index is 11.7. The van der Waals surface area contributed by atoms with Crippen molar-refractivity contribution in [3.05, 3.63) is 35.0 Å². The van der Waals surface area contributed by atoms with Crippen molar-refractivity contribution >= 4 is 11.8 Å². The third-order valence-electron chi connectivity index (χ3n) is 2.72. The van der Waals surface area contributed by atoms with Gasteiger partial charge in [0.25, 0.3) is 0 Å². The molecule has 0 spiro atoms. The summed E-state index contributed by atoms with van der Waals surface area (Å²) in [5.41, 5.74) is 2.29. The fourth-order valence-corrected chi connectivity index (χ4v) is 1.71. The van der Waals surface area contributed by atoms with Gasteiger partial charge < -0.3 is 10.1 Å². The van der Waals surface area contributed by atoms with Crippen molar-refractivity contribution in [1.29, 1.82) is 0 Å². The number of aromatic nitrogens is 4. The highest BCUT2D eigenvalue weighted by molar-refractivity contribution is 5.88. The molecule has 2 aromatic heterocycles. The monoisotopic (exact) mass is 275 g/mol. The molecule has 20 heavy (non-hydrogen) atoms. The predicted molar refractivity (Wildman–Crippen MR) is 73.4 cm³/mol. The molecule has 7 heteroatoms. The number of nitrogens with one attached hydrogen (secondary N) is 2. The largest absolute Gasteiger partial charge is 0.461 e. The summed E-state index contributed by atoms with van der Waals surface area (Å²) in [5.74, 6) is 0.656. The lowest BCUT2D eigenvalue weighted by molar-refractivity contribution is 0.0519. The summed E-state index contributed by atoms with van der Waals surface area (Å²) in [4.78, 5) is 20.0. The zero-order chi connectivity index (χ0) is 14.5. The van der Waals surface area contributed by atoms with E-state index >= 15 is 0 Å². The maximum Gasteiger partial charge on any atom is 0.357 e. The summed E-state index contributed by atoms with van der Waals surface area (Å²) >= 11 is 0. The second-order valence-corrected chi connectivity index (χ2v) is 4.28. The van der Waals surface area contributed by atoms with E-state index in [-0.39, 0.29) is 5.69 Å². The summed E-state index contributed by atoms with van der Waals surface area (Å²) in [6, 6.07) is 1.58. The van der Waals surface area contributed by atoms with Crippen molar-refractivity contribution in [2.24, 2.45) is 0 Å². The molecular formula is C13H17N5O2. The molecule has 0 aliphatic carbocycles. The fraction of sp³-hybridized carbons (Fsp3) is 0.385. The molecule has 0 saturated carbocycles. The Labute approximate surface area is 116 Å². The van der Waals surface area contributed by atoms with E-state index in [2.05, 4.69) is 25.5 Å². The molecule has 0 fully saturated rings. The lowest BCUT2D eigenvalue weighted by atomic mass is 10.2. The summed E-state index contributed by atoms with van der Waals surface area (Å²) in [6.07, 6.45) is 1.75. The minimum absolute atomic E-state index is 0.255. The van der Waals surface area contributed by atoms with E-state index in [1.165, 1.54) is 0 Å². The van der Waals surface area contributed by atoms with Gasteiger partial charge in [0.1, 0.15) is 11.6 Å². The van der Waals surface area contributed by atoms with Gasteiger partial charge in [0.05, 0.1) is 12.8 Å². The quantitative estimate of drug-likeness (QED) is 0.805. The Morgan fingerprint density at radius 3 is 2.85 bits per heavy atom. The fourth-order valence-electron chi connectivity index (χ4n) is 1.71. The van der Waals surface area contributed by atoms with Gasteiger partial charge in [-0.05, 0) is 20.8 Å². The Kier molecular flexibility index (Phi) is 4.29. The molecule has 2 heterocycles. The van der Waals surface area contributed by atoms with Gasteiger partial charge in [-0.15, -0.1) is 0 Å². The van der Waals surface area contributed by atoms with Gasteiger partial charge in [-0.3, -0.25) is 5.10 Å². The lowest BCUT2D eigenvalue weighted by Gasteiger charge is -2.08. The first-order chi connectivity index (χ1) is 9.60. The summed E-state index contributed by atoms with van der Waals surface area (Å²) < 4.78 is 4.94. The van der Waals surface area contributed by atoms with Crippen LogP contribution in [0.3, 0.4) is 0 Å². The molecule has 0 aliphatic heterocycles. The van der Waals surface area contributed by atoms with E-state index < -0.39 is 5.97 Å². The number of H-pyrrole nitrogens is 1. The molecule has 2 rings (SSSR count). The molecule has 2 N–H and O–H groups in total. The highest BCUT2D eigenvalue weighted by Crippen LogP contribution is 2.11. The smallest absolute Gasteiger partial charge is 0.357 e. The number of carbonyl (C=O) groups is 1. The first-order valence-corrected chi connectivity index (χ1v) is 6.35. The molecule has 0 aliphatic rings. The first kappa shape index (κ1) is 14.0. The molecule has 0 amide bonds. The van der Waals surface area contributed by atoms with Gasteiger partial charge in [-0.1, -0.05) is 0 Å². The van der Waals surface area contributed by atoms with E-state index in [1.807, 2.05) is 6.92 Å². The average molecular weight is 275 g/mol. The third kappa shape index (κ3) is 3.31. The molecule has 0 bridgehead atoms. The van der Waals surface area contributed by atoms with Gasteiger partial charge in [0, 0.05) is 23.9 Å². The molecule has 0 saturated heterocycles. The van der Waals surface area contributed by atoms with Crippen molar-refractivity contribution in [3.8, 4) is 0 Å². The minimum atomic E-state index is -0.444. The zero-order valence-corrected chi connectivity index (χ0v) is 11.7. The molecule has 0 radical (unpaired) electrons. The van der Waals surface area contributed by atoms with Crippen molar-refractivity contribution in [2.75, 3.05) is 11.9 Å². The number of carbonyl (C=O) groups excluding carboxylic acids is 1. The number of nitrogens with zero attached hydrogens (tertiary/aromatic N) is 3. The zero-order valence-electron chi connectivity index (χ0n) is 11.7. The van der Waals surface area contributed by atoms with Gasteiger partial charge in [0.2, 0.25) is 0 Å². The van der Waals surface area contributed by atoms with Gasteiger partial charge in [0.15, 0.2) is 5.69 Å². The van der Waals surface area contributed by atoms with Crippen LogP contribution in [0, 0.1) is 13.8 Å². The number of aryl methyl sites for hydroxylation is 2. The second-order valence-electron chi connectivity index (χ2n) is 4.28. The van der Waals surface area contributed by atoms with Gasteiger partial charge >= 0.3 is 5.97 Å². The van der Waals surface area contributed by atoms with Crippen LogP contribution >= 0.6 is 0 Å². The molecule has 0 unspecified atom stereocenters. The Morgan fingerprint density at radius 1 is 1.40 bits per heavy atom. The second kappa shape index (κ2) is 6.14. The number of aromatic amines is 1. The highest BCUT2D eigenvalue weighted by Gasteiger charge is 2.11. The van der Waals surface area contributed by atoms with Crippen LogP contribution in [0.15, 0.2) is 12.3 Å². The molecule has 106 valence electrons. The topological polar surface area (TPSA) is 92.8 Å². The molecule has 0 aromatic carbocycles. The summed E-state index contributed by atoms with van der Waals surface area (Å²) in [5, 5.41) is 9.96. The highest BCUT2D eigenvalue weighted by atomic mass is 16.5. The van der Waals surface area contributed by atoms with E-state index in [9.17, 15) is 4.79 Å². The van der Waals surface area contributed by atoms with E-state index in [1.54, 1.807) is 26.1 Å². The van der Waals surface area contributed by atoms with Gasteiger partial charge in [-0.2, -0.15) is 5.10 Å². The standard InChI is InChI=1S/C13H17N5O2/c1-4-20-13(19)11-5-12(17-9(3)16-11)14-6-10-7-15-18-8(10)2/h5,7H,4,6H2,1-3H3,(H,15,18)(H,14,16,17). The van der Waals surface area contributed by atoms with Crippen LogP contribution in [0.2, 0.25) is 0 Å². The Morgan fingerprint density at radius 2 is 2.20 bits per heavy atom. The number of esters is 1. The molecule has 7 nitrogen and oxygen atoms in total. The van der Waals surface area contributed by atoms with Crippen LogP contribution in [-0.2, 0) is 11.3 Å². The van der Waals surface area contributed by atoms with E-state index in [0.717, 1.165) is 11.3 Å². The van der Waals surface area contributed by atoms with Crippen molar-refractivity contribution in [1.82, 2.24) is 20.2 Å². The minimum Gasteiger partial charge on any atom is -0.461 e.